The molecule has 2 aromatic rings. The number of primary amides is 1. The lowest BCUT2D eigenvalue weighted by Gasteiger charge is -2.25. The van der Waals surface area contributed by atoms with Crippen LogP contribution in [0.5, 0.6) is 0 Å². The molecule has 1 aliphatic carbocycles. The van der Waals surface area contributed by atoms with Crippen molar-refractivity contribution in [3.05, 3.63) is 23.3 Å². The topological polar surface area (TPSA) is 127 Å². The van der Waals surface area contributed by atoms with E-state index in [0.717, 1.165) is 31.2 Å². The Morgan fingerprint density at radius 3 is 2.91 bits per heavy atom. The van der Waals surface area contributed by atoms with Gasteiger partial charge in [0.25, 0.3) is 5.91 Å². The van der Waals surface area contributed by atoms with E-state index < -0.39 is 5.91 Å². The Balaban J connectivity index is 1.66. The molecule has 2 aromatic heterocycles. The average Bonchev–Trinajstić information content (AvgIpc) is 3.15. The van der Waals surface area contributed by atoms with Gasteiger partial charge in [-0.2, -0.15) is 0 Å². The summed E-state index contributed by atoms with van der Waals surface area (Å²) >= 11 is 1.35. The molecule has 6 N–H and O–H groups in total. The molecular weight excluding hydrogens is 314 g/mol. The van der Waals surface area contributed by atoms with E-state index in [1.807, 2.05) is 5.38 Å². The van der Waals surface area contributed by atoms with E-state index in [4.69, 9.17) is 11.5 Å². The van der Waals surface area contributed by atoms with Crippen LogP contribution in [0.1, 0.15) is 36.2 Å². The van der Waals surface area contributed by atoms with Crippen molar-refractivity contribution < 1.29 is 9.59 Å². The van der Waals surface area contributed by atoms with Crippen LogP contribution >= 0.6 is 11.3 Å². The molecule has 8 heteroatoms. The SMILES string of the molecule is NC(=O)c1cc(-c2csc(NC(=O)C3CCCC(N)C3)n2)c[nH]1. The number of amides is 2. The highest BCUT2D eigenvalue weighted by molar-refractivity contribution is 7.14. The maximum Gasteiger partial charge on any atom is 0.265 e. The Morgan fingerprint density at radius 1 is 1.39 bits per heavy atom. The molecule has 2 heterocycles. The van der Waals surface area contributed by atoms with Crippen LogP contribution in [-0.2, 0) is 4.79 Å². The van der Waals surface area contributed by atoms with Gasteiger partial charge in [0, 0.05) is 29.1 Å². The molecule has 2 atom stereocenters. The predicted molar refractivity (Wildman–Crippen MR) is 89.0 cm³/mol. The van der Waals surface area contributed by atoms with Gasteiger partial charge in [-0.15, -0.1) is 11.3 Å². The van der Waals surface area contributed by atoms with Crippen molar-refractivity contribution in [2.75, 3.05) is 5.32 Å². The van der Waals surface area contributed by atoms with Gasteiger partial charge in [-0.1, -0.05) is 6.42 Å². The minimum Gasteiger partial charge on any atom is -0.364 e. The molecule has 3 rings (SSSR count). The lowest BCUT2D eigenvalue weighted by molar-refractivity contribution is -0.120. The second-order valence-corrected chi connectivity index (χ2v) is 6.68. The van der Waals surface area contributed by atoms with Crippen molar-refractivity contribution in [1.82, 2.24) is 9.97 Å². The Bertz CT molecular complexity index is 723. The molecule has 23 heavy (non-hydrogen) atoms. The highest BCUT2D eigenvalue weighted by Gasteiger charge is 2.25. The van der Waals surface area contributed by atoms with Gasteiger partial charge < -0.3 is 21.8 Å². The van der Waals surface area contributed by atoms with Crippen molar-refractivity contribution in [3.63, 3.8) is 0 Å². The normalized spacial score (nSPS) is 21.1. The largest absolute Gasteiger partial charge is 0.364 e. The van der Waals surface area contributed by atoms with Crippen LogP contribution in [0.4, 0.5) is 5.13 Å². The molecule has 0 spiro atoms. The molecule has 0 saturated heterocycles. The van der Waals surface area contributed by atoms with E-state index in [2.05, 4.69) is 15.3 Å². The molecule has 2 amide bonds. The van der Waals surface area contributed by atoms with Gasteiger partial charge in [-0.25, -0.2) is 4.98 Å². The third kappa shape index (κ3) is 3.59. The maximum atomic E-state index is 12.3. The quantitative estimate of drug-likeness (QED) is 0.679. The van der Waals surface area contributed by atoms with Gasteiger partial charge in [0.15, 0.2) is 5.13 Å². The summed E-state index contributed by atoms with van der Waals surface area (Å²) < 4.78 is 0. The molecule has 0 bridgehead atoms. The Labute approximate surface area is 137 Å². The first-order valence-electron chi connectivity index (χ1n) is 7.53. The highest BCUT2D eigenvalue weighted by Crippen LogP contribution is 2.28. The summed E-state index contributed by atoms with van der Waals surface area (Å²) in [5.41, 5.74) is 12.9. The lowest BCUT2D eigenvalue weighted by atomic mass is 9.86. The van der Waals surface area contributed by atoms with Gasteiger partial charge >= 0.3 is 0 Å². The van der Waals surface area contributed by atoms with Crippen LogP contribution in [0.2, 0.25) is 0 Å². The first kappa shape index (κ1) is 15.7. The minimum atomic E-state index is -0.520. The molecule has 7 nitrogen and oxygen atoms in total. The first-order chi connectivity index (χ1) is 11.0. The van der Waals surface area contributed by atoms with E-state index in [-0.39, 0.29) is 17.9 Å². The van der Waals surface area contributed by atoms with Gasteiger partial charge in [0.1, 0.15) is 5.69 Å². The zero-order valence-corrected chi connectivity index (χ0v) is 13.4. The summed E-state index contributed by atoms with van der Waals surface area (Å²) in [4.78, 5) is 30.6. The van der Waals surface area contributed by atoms with Gasteiger partial charge in [0.05, 0.1) is 5.69 Å². The third-order valence-corrected chi connectivity index (χ3v) is 4.82. The number of nitrogens with two attached hydrogens (primary N) is 2. The number of thiazole rings is 1. The fraction of sp³-hybridized carbons (Fsp3) is 0.400. The van der Waals surface area contributed by atoms with Gasteiger partial charge in [-0.3, -0.25) is 9.59 Å². The van der Waals surface area contributed by atoms with Crippen molar-refractivity contribution >= 4 is 28.3 Å². The smallest absolute Gasteiger partial charge is 0.265 e. The first-order valence-corrected chi connectivity index (χ1v) is 8.41. The summed E-state index contributed by atoms with van der Waals surface area (Å²) in [6.07, 6.45) is 5.24. The Kier molecular flexibility index (Phi) is 4.44. The van der Waals surface area contributed by atoms with E-state index in [0.29, 0.717) is 16.5 Å². The molecule has 1 aliphatic rings. The molecular formula is C15H19N5O2S. The highest BCUT2D eigenvalue weighted by atomic mass is 32.1. The van der Waals surface area contributed by atoms with E-state index in [1.54, 1.807) is 12.3 Å². The van der Waals surface area contributed by atoms with Gasteiger partial charge in [-0.05, 0) is 25.3 Å². The molecule has 1 fully saturated rings. The van der Waals surface area contributed by atoms with Crippen LogP contribution in [-0.4, -0.2) is 27.8 Å². The number of anilines is 1. The number of hydrogen-bond donors (Lipinski definition) is 4. The van der Waals surface area contributed by atoms with Crippen molar-refractivity contribution in [2.45, 2.75) is 31.7 Å². The van der Waals surface area contributed by atoms with Crippen LogP contribution < -0.4 is 16.8 Å². The predicted octanol–water partition coefficient (Wildman–Crippen LogP) is 1.69. The van der Waals surface area contributed by atoms with Crippen molar-refractivity contribution in [1.29, 1.82) is 0 Å². The Morgan fingerprint density at radius 2 is 2.22 bits per heavy atom. The minimum absolute atomic E-state index is 0.0204. The molecule has 0 radical (unpaired) electrons. The number of nitrogens with zero attached hydrogens (tertiary/aromatic N) is 1. The van der Waals surface area contributed by atoms with Crippen molar-refractivity contribution in [3.8, 4) is 11.3 Å². The third-order valence-electron chi connectivity index (χ3n) is 4.06. The summed E-state index contributed by atoms with van der Waals surface area (Å²) in [6.45, 7) is 0. The van der Waals surface area contributed by atoms with Crippen LogP contribution in [0.15, 0.2) is 17.6 Å². The van der Waals surface area contributed by atoms with Crippen LogP contribution in [0.25, 0.3) is 11.3 Å². The fourth-order valence-corrected chi connectivity index (χ4v) is 3.54. The zero-order chi connectivity index (χ0) is 16.4. The Hall–Kier alpha value is -2.19. The zero-order valence-electron chi connectivity index (χ0n) is 12.5. The molecule has 2 unspecified atom stereocenters. The van der Waals surface area contributed by atoms with E-state index in [1.165, 1.54) is 11.3 Å². The van der Waals surface area contributed by atoms with Crippen LogP contribution in [0.3, 0.4) is 0 Å². The summed E-state index contributed by atoms with van der Waals surface area (Å²) in [5.74, 6) is -0.582. The fourth-order valence-electron chi connectivity index (χ4n) is 2.82. The second kappa shape index (κ2) is 6.51. The second-order valence-electron chi connectivity index (χ2n) is 5.82. The number of hydrogen-bond acceptors (Lipinski definition) is 5. The lowest BCUT2D eigenvalue weighted by Crippen LogP contribution is -2.34. The monoisotopic (exact) mass is 333 g/mol. The average molecular weight is 333 g/mol. The standard InChI is InChI=1S/C15H19N5O2S/c16-10-3-1-2-8(4-10)14(22)20-15-19-12(7-23-15)9-5-11(13(17)21)18-6-9/h5-8,10,18H,1-4,16H2,(H2,17,21)(H,19,20,22). The van der Waals surface area contributed by atoms with E-state index in [9.17, 15) is 9.59 Å². The number of carbonyl (C=O) groups is 2. The number of rotatable bonds is 4. The van der Waals surface area contributed by atoms with E-state index >= 15 is 0 Å². The van der Waals surface area contributed by atoms with Crippen molar-refractivity contribution in [2.24, 2.45) is 17.4 Å². The molecule has 0 aliphatic heterocycles. The van der Waals surface area contributed by atoms with Crippen LogP contribution in [0, 0.1) is 5.92 Å². The van der Waals surface area contributed by atoms with Gasteiger partial charge in [0.2, 0.25) is 5.91 Å². The number of carbonyl (C=O) groups excluding carboxylic acids is 2. The molecule has 122 valence electrons. The summed E-state index contributed by atoms with van der Waals surface area (Å²) in [7, 11) is 0. The molecule has 1 saturated carbocycles. The number of aromatic nitrogens is 2. The maximum absolute atomic E-state index is 12.3. The number of nitrogens with one attached hydrogen (secondary N) is 2. The number of aromatic amines is 1. The number of H-pyrrole nitrogens is 1. The summed E-state index contributed by atoms with van der Waals surface area (Å²) in [6, 6.07) is 1.75. The molecule has 0 aromatic carbocycles. The summed E-state index contributed by atoms with van der Waals surface area (Å²) in [5, 5.41) is 5.24.